The molecule has 0 spiro atoms. The summed E-state index contributed by atoms with van der Waals surface area (Å²) in [6.45, 7) is 7.87. The number of nitrogens with zero attached hydrogens (tertiary/aromatic N) is 1. The molecule has 1 aromatic rings. The Morgan fingerprint density at radius 2 is 1.68 bits per heavy atom. The van der Waals surface area contributed by atoms with Crippen molar-refractivity contribution >= 4 is 9.84 Å². The summed E-state index contributed by atoms with van der Waals surface area (Å²) >= 11 is 0. The third kappa shape index (κ3) is 5.74. The molecule has 0 amide bonds. The van der Waals surface area contributed by atoms with Crippen molar-refractivity contribution in [3.05, 3.63) is 35.4 Å². The van der Waals surface area contributed by atoms with Crippen LogP contribution in [-0.2, 0) is 15.3 Å². The van der Waals surface area contributed by atoms with E-state index in [-0.39, 0.29) is 11.2 Å². The highest BCUT2D eigenvalue weighted by atomic mass is 32.2. The number of hydrogen-bond acceptors (Lipinski definition) is 3. The number of likely N-dealkylation sites (N-methyl/N-ethyl adjacent to an activating group) is 1. The minimum Gasteiger partial charge on any atom is -0.304 e. The van der Waals surface area contributed by atoms with Gasteiger partial charge in [-0.1, -0.05) is 43.7 Å². The highest BCUT2D eigenvalue weighted by Crippen LogP contribution is 2.24. The topological polar surface area (TPSA) is 37.4 Å². The van der Waals surface area contributed by atoms with Crippen LogP contribution in [-0.4, -0.2) is 45.5 Å². The van der Waals surface area contributed by atoms with Gasteiger partial charge >= 0.3 is 0 Å². The Morgan fingerprint density at radius 3 is 2.16 bits per heavy atom. The van der Waals surface area contributed by atoms with Crippen LogP contribution in [0.4, 0.5) is 0 Å². The van der Waals surface area contributed by atoms with Crippen LogP contribution in [0, 0.1) is 6.92 Å². The molecule has 1 aromatic carbocycles. The number of rotatable bonds is 6. The van der Waals surface area contributed by atoms with Crippen molar-refractivity contribution in [2.45, 2.75) is 26.2 Å². The van der Waals surface area contributed by atoms with Gasteiger partial charge in [-0.25, -0.2) is 8.42 Å². The predicted molar refractivity (Wildman–Crippen MR) is 81.4 cm³/mol. The number of aryl methyl sites for hydroxylation is 1. The van der Waals surface area contributed by atoms with Crippen LogP contribution in [0.25, 0.3) is 0 Å². The van der Waals surface area contributed by atoms with E-state index in [0.717, 1.165) is 6.54 Å². The summed E-state index contributed by atoms with van der Waals surface area (Å²) in [4.78, 5) is 2.08. The van der Waals surface area contributed by atoms with Gasteiger partial charge in [-0.15, -0.1) is 0 Å². The van der Waals surface area contributed by atoms with Crippen LogP contribution < -0.4 is 0 Å². The quantitative estimate of drug-likeness (QED) is 0.803. The highest BCUT2D eigenvalue weighted by Gasteiger charge is 2.22. The summed E-state index contributed by atoms with van der Waals surface area (Å²) in [5, 5.41) is 0. The second-order valence-electron chi connectivity index (χ2n) is 6.12. The second-order valence-corrected chi connectivity index (χ2v) is 8.38. The Labute approximate surface area is 117 Å². The van der Waals surface area contributed by atoms with Crippen LogP contribution in [0.2, 0.25) is 0 Å². The summed E-state index contributed by atoms with van der Waals surface area (Å²) in [7, 11) is -0.913. The van der Waals surface area contributed by atoms with Gasteiger partial charge in [-0.05, 0) is 19.5 Å². The van der Waals surface area contributed by atoms with Crippen molar-refractivity contribution in [2.24, 2.45) is 0 Å². The first-order chi connectivity index (χ1) is 8.60. The zero-order valence-corrected chi connectivity index (χ0v) is 13.4. The maximum Gasteiger partial charge on any atom is 0.148 e. The standard InChI is InChI=1S/C15H25NO2S/c1-13-6-8-14(9-7-13)15(2,3)12-16(4)10-11-19(5,17)18/h6-9H,10-12H2,1-5H3. The van der Waals surface area contributed by atoms with E-state index in [1.54, 1.807) is 0 Å². The molecular formula is C15H25NO2S. The fourth-order valence-electron chi connectivity index (χ4n) is 2.17. The minimum absolute atomic E-state index is 0.0138. The van der Waals surface area contributed by atoms with Gasteiger partial charge < -0.3 is 4.90 Å². The van der Waals surface area contributed by atoms with Gasteiger partial charge in [0.05, 0.1) is 5.75 Å². The van der Waals surface area contributed by atoms with Crippen LogP contribution in [0.5, 0.6) is 0 Å². The third-order valence-electron chi connectivity index (χ3n) is 3.34. The Hall–Kier alpha value is -0.870. The van der Waals surface area contributed by atoms with Gasteiger partial charge in [0.15, 0.2) is 0 Å². The average molecular weight is 283 g/mol. The van der Waals surface area contributed by atoms with Gasteiger partial charge in [0.1, 0.15) is 9.84 Å². The Balaban J connectivity index is 2.66. The van der Waals surface area contributed by atoms with Crippen molar-refractivity contribution in [1.82, 2.24) is 4.90 Å². The van der Waals surface area contributed by atoms with E-state index in [0.29, 0.717) is 6.54 Å². The lowest BCUT2D eigenvalue weighted by Gasteiger charge is -2.31. The minimum atomic E-state index is -2.89. The Morgan fingerprint density at radius 1 is 1.16 bits per heavy atom. The summed E-state index contributed by atoms with van der Waals surface area (Å²) in [6, 6.07) is 8.54. The fraction of sp³-hybridized carbons (Fsp3) is 0.600. The summed E-state index contributed by atoms with van der Waals surface area (Å²) in [6.07, 6.45) is 1.28. The smallest absolute Gasteiger partial charge is 0.148 e. The van der Waals surface area contributed by atoms with Crippen molar-refractivity contribution in [1.29, 1.82) is 0 Å². The van der Waals surface area contributed by atoms with Crippen molar-refractivity contribution in [2.75, 3.05) is 32.1 Å². The van der Waals surface area contributed by atoms with Gasteiger partial charge in [0.25, 0.3) is 0 Å². The summed E-state index contributed by atoms with van der Waals surface area (Å²) in [5.74, 6) is 0.216. The molecule has 0 fully saturated rings. The van der Waals surface area contributed by atoms with E-state index < -0.39 is 9.84 Å². The largest absolute Gasteiger partial charge is 0.304 e. The van der Waals surface area contributed by atoms with Crippen molar-refractivity contribution < 1.29 is 8.42 Å². The molecule has 108 valence electrons. The molecule has 0 bridgehead atoms. The molecule has 19 heavy (non-hydrogen) atoms. The molecule has 0 saturated heterocycles. The van der Waals surface area contributed by atoms with E-state index in [1.807, 2.05) is 7.05 Å². The molecule has 0 radical (unpaired) electrons. The SMILES string of the molecule is Cc1ccc(C(C)(C)CN(C)CCS(C)(=O)=O)cc1. The van der Waals surface area contributed by atoms with E-state index in [2.05, 4.69) is 49.9 Å². The van der Waals surface area contributed by atoms with Gasteiger partial charge in [-0.3, -0.25) is 0 Å². The molecule has 0 saturated carbocycles. The van der Waals surface area contributed by atoms with Crippen molar-refractivity contribution in [3.63, 3.8) is 0 Å². The predicted octanol–water partition coefficient (Wildman–Crippen LogP) is 2.25. The molecule has 1 rings (SSSR count). The molecule has 0 aliphatic heterocycles. The first-order valence-corrected chi connectivity index (χ1v) is 8.60. The maximum atomic E-state index is 11.2. The molecule has 0 aliphatic rings. The lowest BCUT2D eigenvalue weighted by molar-refractivity contribution is 0.280. The van der Waals surface area contributed by atoms with Crippen LogP contribution in [0.15, 0.2) is 24.3 Å². The monoisotopic (exact) mass is 283 g/mol. The average Bonchev–Trinajstić information content (AvgIpc) is 2.25. The lowest BCUT2D eigenvalue weighted by atomic mass is 9.84. The molecule has 0 aliphatic carbocycles. The Bertz CT molecular complexity index is 503. The Kier molecular flexibility index (Phi) is 5.16. The molecule has 3 nitrogen and oxygen atoms in total. The van der Waals surface area contributed by atoms with Gasteiger partial charge in [-0.2, -0.15) is 0 Å². The molecule has 0 heterocycles. The zero-order valence-electron chi connectivity index (χ0n) is 12.6. The maximum absolute atomic E-state index is 11.2. The highest BCUT2D eigenvalue weighted by molar-refractivity contribution is 7.90. The van der Waals surface area contributed by atoms with E-state index in [4.69, 9.17) is 0 Å². The molecule has 0 atom stereocenters. The third-order valence-corrected chi connectivity index (χ3v) is 4.27. The molecular weight excluding hydrogens is 258 g/mol. The normalized spacial score (nSPS) is 12.9. The van der Waals surface area contributed by atoms with E-state index in [1.165, 1.54) is 17.4 Å². The van der Waals surface area contributed by atoms with E-state index in [9.17, 15) is 8.42 Å². The van der Waals surface area contributed by atoms with Gasteiger partial charge in [0.2, 0.25) is 0 Å². The van der Waals surface area contributed by atoms with Gasteiger partial charge in [0, 0.05) is 24.8 Å². The van der Waals surface area contributed by atoms with E-state index >= 15 is 0 Å². The first-order valence-electron chi connectivity index (χ1n) is 6.53. The van der Waals surface area contributed by atoms with Crippen LogP contribution in [0.1, 0.15) is 25.0 Å². The fourth-order valence-corrected chi connectivity index (χ4v) is 2.81. The molecule has 0 aromatic heterocycles. The van der Waals surface area contributed by atoms with Crippen LogP contribution in [0.3, 0.4) is 0 Å². The molecule has 0 unspecified atom stereocenters. The first kappa shape index (κ1) is 16.2. The van der Waals surface area contributed by atoms with Crippen molar-refractivity contribution in [3.8, 4) is 0 Å². The molecule has 4 heteroatoms. The summed E-state index contributed by atoms with van der Waals surface area (Å²) in [5.41, 5.74) is 2.55. The number of sulfone groups is 1. The zero-order chi connectivity index (χ0) is 14.7. The molecule has 0 N–H and O–H groups in total. The number of hydrogen-bond donors (Lipinski definition) is 0. The lowest BCUT2D eigenvalue weighted by Crippen LogP contribution is -2.36. The summed E-state index contributed by atoms with van der Waals surface area (Å²) < 4.78 is 22.4. The second kappa shape index (κ2) is 6.06. The number of benzene rings is 1. The van der Waals surface area contributed by atoms with Crippen LogP contribution >= 0.6 is 0 Å².